The lowest BCUT2D eigenvalue weighted by molar-refractivity contribution is -0.121. The van der Waals surface area contributed by atoms with Gasteiger partial charge in [-0.25, -0.2) is 0 Å². The molecule has 1 aromatic heterocycles. The summed E-state index contributed by atoms with van der Waals surface area (Å²) in [5, 5.41) is 3.06. The number of hydrogen-bond donors (Lipinski definition) is 1. The Morgan fingerprint density at radius 3 is 3.00 bits per heavy atom. The molecule has 1 aliphatic rings. The molecule has 1 aromatic carbocycles. The molecule has 1 atom stereocenters. The van der Waals surface area contributed by atoms with Gasteiger partial charge >= 0.3 is 0 Å². The molecule has 1 aliphatic heterocycles. The molecular weight excluding hydrogens is 286 g/mol. The first-order valence-corrected chi connectivity index (χ1v) is 8.24. The number of para-hydroxylation sites is 1. The normalized spacial score (nSPS) is 14.4. The van der Waals surface area contributed by atoms with Gasteiger partial charge in [0, 0.05) is 43.6 Å². The molecular formula is C19H23N3O. The third kappa shape index (κ3) is 3.89. The Bertz CT molecular complexity index is 657. The molecule has 3 rings (SSSR count). The SMILES string of the molecule is C[C@@H](CNC(=O)CCc1cccnc1)N1CCc2ccccc21. The highest BCUT2D eigenvalue weighted by Crippen LogP contribution is 2.28. The van der Waals surface area contributed by atoms with Crippen LogP contribution in [0.25, 0.3) is 0 Å². The predicted molar refractivity (Wildman–Crippen MR) is 92.5 cm³/mol. The average molecular weight is 309 g/mol. The van der Waals surface area contributed by atoms with Gasteiger partial charge in [0.1, 0.15) is 0 Å². The second kappa shape index (κ2) is 7.27. The highest BCUT2D eigenvalue weighted by atomic mass is 16.1. The minimum absolute atomic E-state index is 0.105. The maximum Gasteiger partial charge on any atom is 0.220 e. The number of fused-ring (bicyclic) bond motifs is 1. The number of carbonyl (C=O) groups excluding carboxylic acids is 1. The highest BCUT2D eigenvalue weighted by molar-refractivity contribution is 5.76. The van der Waals surface area contributed by atoms with Crippen molar-refractivity contribution in [3.63, 3.8) is 0 Å². The van der Waals surface area contributed by atoms with Crippen LogP contribution >= 0.6 is 0 Å². The van der Waals surface area contributed by atoms with Gasteiger partial charge in [0.05, 0.1) is 0 Å². The molecule has 2 aromatic rings. The average Bonchev–Trinajstić information content (AvgIpc) is 3.03. The zero-order valence-corrected chi connectivity index (χ0v) is 13.5. The third-order valence-corrected chi connectivity index (χ3v) is 4.41. The second-order valence-electron chi connectivity index (χ2n) is 6.09. The van der Waals surface area contributed by atoms with Gasteiger partial charge in [-0.3, -0.25) is 9.78 Å². The number of carbonyl (C=O) groups is 1. The van der Waals surface area contributed by atoms with Crippen LogP contribution in [0.2, 0.25) is 0 Å². The second-order valence-corrected chi connectivity index (χ2v) is 6.09. The molecule has 0 bridgehead atoms. The lowest BCUT2D eigenvalue weighted by Gasteiger charge is -2.27. The van der Waals surface area contributed by atoms with Crippen LogP contribution in [0.3, 0.4) is 0 Å². The van der Waals surface area contributed by atoms with Gasteiger partial charge in [-0.15, -0.1) is 0 Å². The summed E-state index contributed by atoms with van der Waals surface area (Å²) in [5.41, 5.74) is 3.82. The molecule has 0 aliphatic carbocycles. The van der Waals surface area contributed by atoms with E-state index in [2.05, 4.69) is 46.4 Å². The summed E-state index contributed by atoms with van der Waals surface area (Å²) in [6.45, 7) is 3.88. The molecule has 0 spiro atoms. The minimum atomic E-state index is 0.105. The van der Waals surface area contributed by atoms with Crippen LogP contribution in [0.5, 0.6) is 0 Å². The van der Waals surface area contributed by atoms with E-state index in [0.717, 1.165) is 24.9 Å². The monoisotopic (exact) mass is 309 g/mol. The molecule has 0 fully saturated rings. The molecule has 4 nitrogen and oxygen atoms in total. The largest absolute Gasteiger partial charge is 0.366 e. The number of rotatable bonds is 6. The first-order valence-electron chi connectivity index (χ1n) is 8.24. The van der Waals surface area contributed by atoms with E-state index in [1.54, 1.807) is 6.20 Å². The van der Waals surface area contributed by atoms with Crippen molar-refractivity contribution in [2.45, 2.75) is 32.2 Å². The van der Waals surface area contributed by atoms with Crippen molar-refractivity contribution >= 4 is 11.6 Å². The van der Waals surface area contributed by atoms with Crippen molar-refractivity contribution in [3.8, 4) is 0 Å². The summed E-state index contributed by atoms with van der Waals surface area (Å²) in [7, 11) is 0. The summed E-state index contributed by atoms with van der Waals surface area (Å²) in [6.07, 6.45) is 5.90. The van der Waals surface area contributed by atoms with Crippen LogP contribution in [0.15, 0.2) is 48.8 Å². The lowest BCUT2D eigenvalue weighted by atomic mass is 10.1. The summed E-state index contributed by atoms with van der Waals surface area (Å²) in [4.78, 5) is 18.5. The molecule has 2 heterocycles. The maximum absolute atomic E-state index is 12.0. The van der Waals surface area contributed by atoms with E-state index in [1.807, 2.05) is 18.3 Å². The van der Waals surface area contributed by atoms with Crippen LogP contribution in [-0.2, 0) is 17.6 Å². The third-order valence-electron chi connectivity index (χ3n) is 4.41. The first kappa shape index (κ1) is 15.5. The zero-order valence-electron chi connectivity index (χ0n) is 13.5. The minimum Gasteiger partial charge on any atom is -0.366 e. The van der Waals surface area contributed by atoms with Crippen molar-refractivity contribution in [3.05, 3.63) is 59.9 Å². The van der Waals surface area contributed by atoms with Gasteiger partial charge in [-0.05, 0) is 43.0 Å². The van der Waals surface area contributed by atoms with Crippen molar-refractivity contribution in [2.24, 2.45) is 0 Å². The number of nitrogens with one attached hydrogen (secondary N) is 1. The summed E-state index contributed by atoms with van der Waals surface area (Å²) >= 11 is 0. The zero-order chi connectivity index (χ0) is 16.1. The molecule has 0 saturated carbocycles. The number of nitrogens with zero attached hydrogens (tertiary/aromatic N) is 2. The van der Waals surface area contributed by atoms with Crippen molar-refractivity contribution in [1.29, 1.82) is 0 Å². The number of anilines is 1. The van der Waals surface area contributed by atoms with E-state index in [4.69, 9.17) is 0 Å². The van der Waals surface area contributed by atoms with Gasteiger partial charge in [0.25, 0.3) is 0 Å². The van der Waals surface area contributed by atoms with E-state index in [-0.39, 0.29) is 5.91 Å². The van der Waals surface area contributed by atoms with Crippen LogP contribution in [-0.4, -0.2) is 30.0 Å². The van der Waals surface area contributed by atoms with Gasteiger partial charge in [-0.1, -0.05) is 24.3 Å². The van der Waals surface area contributed by atoms with Gasteiger partial charge in [0.2, 0.25) is 5.91 Å². The Hall–Kier alpha value is -2.36. The Morgan fingerprint density at radius 1 is 1.30 bits per heavy atom. The Balaban J connectivity index is 1.46. The molecule has 120 valence electrons. The molecule has 0 saturated heterocycles. The van der Waals surface area contributed by atoms with Gasteiger partial charge < -0.3 is 10.2 Å². The fourth-order valence-corrected chi connectivity index (χ4v) is 3.09. The lowest BCUT2D eigenvalue weighted by Crippen LogP contribution is -2.41. The summed E-state index contributed by atoms with van der Waals surface area (Å²) in [5.74, 6) is 0.105. The van der Waals surface area contributed by atoms with Crippen molar-refractivity contribution in [2.75, 3.05) is 18.0 Å². The molecule has 4 heteroatoms. The quantitative estimate of drug-likeness (QED) is 0.892. The van der Waals surface area contributed by atoms with Crippen LogP contribution in [0, 0.1) is 0 Å². The van der Waals surface area contributed by atoms with Gasteiger partial charge in [0.15, 0.2) is 0 Å². The number of amides is 1. The standard InChI is InChI=1S/C19H23N3O/c1-15(22-12-10-17-6-2-3-7-18(17)22)13-21-19(23)9-8-16-5-4-11-20-14-16/h2-7,11,14-15H,8-10,12-13H2,1H3,(H,21,23)/t15-/m0/s1. The Morgan fingerprint density at radius 2 is 2.17 bits per heavy atom. The number of hydrogen-bond acceptors (Lipinski definition) is 3. The van der Waals surface area contributed by atoms with Crippen molar-refractivity contribution in [1.82, 2.24) is 10.3 Å². The number of aromatic nitrogens is 1. The van der Waals surface area contributed by atoms with Crippen LogP contribution in [0.4, 0.5) is 5.69 Å². The Labute approximate surface area is 137 Å². The first-order chi connectivity index (χ1) is 11.2. The molecule has 23 heavy (non-hydrogen) atoms. The number of aryl methyl sites for hydroxylation is 1. The van der Waals surface area contributed by atoms with Crippen LogP contribution < -0.4 is 10.2 Å². The van der Waals surface area contributed by atoms with E-state index < -0.39 is 0 Å². The van der Waals surface area contributed by atoms with E-state index in [0.29, 0.717) is 19.0 Å². The van der Waals surface area contributed by atoms with E-state index in [1.165, 1.54) is 11.3 Å². The smallest absolute Gasteiger partial charge is 0.220 e. The summed E-state index contributed by atoms with van der Waals surface area (Å²) in [6, 6.07) is 12.7. The molecule has 0 radical (unpaired) electrons. The van der Waals surface area contributed by atoms with E-state index in [9.17, 15) is 4.79 Å². The Kier molecular flexibility index (Phi) is 4.91. The predicted octanol–water partition coefficient (Wildman–Crippen LogP) is 2.58. The molecule has 0 unspecified atom stereocenters. The molecule has 1 amide bonds. The fourth-order valence-electron chi connectivity index (χ4n) is 3.09. The van der Waals surface area contributed by atoms with Crippen molar-refractivity contribution < 1.29 is 4.79 Å². The highest BCUT2D eigenvalue weighted by Gasteiger charge is 2.22. The topological polar surface area (TPSA) is 45.2 Å². The van der Waals surface area contributed by atoms with Crippen LogP contribution in [0.1, 0.15) is 24.5 Å². The van der Waals surface area contributed by atoms with E-state index >= 15 is 0 Å². The number of pyridine rings is 1. The summed E-state index contributed by atoms with van der Waals surface area (Å²) < 4.78 is 0. The molecule has 1 N–H and O–H groups in total. The fraction of sp³-hybridized carbons (Fsp3) is 0.368. The van der Waals surface area contributed by atoms with Gasteiger partial charge in [-0.2, -0.15) is 0 Å². The number of benzene rings is 1. The maximum atomic E-state index is 12.0.